The molecule has 0 saturated carbocycles. The molecule has 1 saturated heterocycles. The second-order valence-corrected chi connectivity index (χ2v) is 5.26. The van der Waals surface area contributed by atoms with Crippen LogP contribution < -0.4 is 15.0 Å². The molecule has 1 N–H and O–H groups in total. The number of benzene rings is 1. The molecule has 1 aliphatic rings. The van der Waals surface area contributed by atoms with Crippen LogP contribution in [-0.4, -0.2) is 25.2 Å². The normalized spacial score (nSPS) is 14.2. The first-order valence-electron chi connectivity index (χ1n) is 7.43. The summed E-state index contributed by atoms with van der Waals surface area (Å²) in [6, 6.07) is 12.2. The lowest BCUT2D eigenvalue weighted by molar-refractivity contribution is 0.410. The Morgan fingerprint density at radius 1 is 1.14 bits per heavy atom. The molecule has 0 radical (unpaired) electrons. The van der Waals surface area contributed by atoms with Crippen molar-refractivity contribution in [3.05, 3.63) is 48.2 Å². The van der Waals surface area contributed by atoms with E-state index >= 15 is 0 Å². The third-order valence-corrected chi connectivity index (χ3v) is 3.85. The summed E-state index contributed by atoms with van der Waals surface area (Å²) in [5.41, 5.74) is 2.17. The van der Waals surface area contributed by atoms with Gasteiger partial charge in [-0.05, 0) is 31.0 Å². The fourth-order valence-corrected chi connectivity index (χ4v) is 2.67. The Bertz CT molecular complexity index is 577. The zero-order valence-corrected chi connectivity index (χ0v) is 12.4. The third-order valence-electron chi connectivity index (χ3n) is 3.85. The van der Waals surface area contributed by atoms with Gasteiger partial charge in [0.15, 0.2) is 0 Å². The minimum absolute atomic E-state index is 0.731. The highest BCUT2D eigenvalue weighted by molar-refractivity contribution is 5.50. The summed E-state index contributed by atoms with van der Waals surface area (Å²) < 4.78 is 5.36. The molecule has 0 bridgehead atoms. The fraction of sp³-hybridized carbons (Fsp3) is 0.353. The van der Waals surface area contributed by atoms with Gasteiger partial charge >= 0.3 is 0 Å². The molecule has 0 aliphatic carbocycles. The minimum atomic E-state index is 0.731. The van der Waals surface area contributed by atoms with Crippen LogP contribution >= 0.6 is 0 Å². The van der Waals surface area contributed by atoms with E-state index in [9.17, 15) is 0 Å². The average molecular weight is 283 g/mol. The van der Waals surface area contributed by atoms with Crippen molar-refractivity contribution < 1.29 is 4.74 Å². The van der Waals surface area contributed by atoms with Crippen LogP contribution in [0.1, 0.15) is 18.4 Å². The van der Waals surface area contributed by atoms with Crippen molar-refractivity contribution in [2.24, 2.45) is 0 Å². The Balaban J connectivity index is 1.62. The van der Waals surface area contributed by atoms with Crippen molar-refractivity contribution in [1.29, 1.82) is 0 Å². The lowest BCUT2D eigenvalue weighted by Crippen LogP contribution is -2.18. The van der Waals surface area contributed by atoms with Gasteiger partial charge in [0.2, 0.25) is 0 Å². The number of nitrogens with one attached hydrogen (secondary N) is 1. The number of nitrogens with zero attached hydrogens (tertiary/aromatic N) is 2. The minimum Gasteiger partial charge on any atom is -0.496 e. The SMILES string of the molecule is COc1ccccc1CNc1ccc(N2CCCC2)nc1. The predicted molar refractivity (Wildman–Crippen MR) is 86.0 cm³/mol. The number of rotatable bonds is 5. The zero-order chi connectivity index (χ0) is 14.5. The van der Waals surface area contributed by atoms with Gasteiger partial charge in [-0.1, -0.05) is 18.2 Å². The quantitative estimate of drug-likeness (QED) is 0.913. The van der Waals surface area contributed by atoms with Crippen molar-refractivity contribution in [3.63, 3.8) is 0 Å². The molecule has 110 valence electrons. The Hall–Kier alpha value is -2.23. The van der Waals surface area contributed by atoms with Crippen LogP contribution in [0, 0.1) is 0 Å². The fourth-order valence-electron chi connectivity index (χ4n) is 2.67. The molecule has 0 amide bonds. The van der Waals surface area contributed by atoms with Crippen molar-refractivity contribution in [1.82, 2.24) is 4.98 Å². The van der Waals surface area contributed by atoms with Gasteiger partial charge in [-0.2, -0.15) is 0 Å². The number of pyridine rings is 1. The van der Waals surface area contributed by atoms with E-state index in [0.29, 0.717) is 0 Å². The number of para-hydroxylation sites is 1. The Morgan fingerprint density at radius 2 is 1.95 bits per heavy atom. The van der Waals surface area contributed by atoms with Gasteiger partial charge in [-0.25, -0.2) is 4.98 Å². The highest BCUT2D eigenvalue weighted by Crippen LogP contribution is 2.21. The maximum atomic E-state index is 5.36. The van der Waals surface area contributed by atoms with Crippen molar-refractivity contribution in [2.75, 3.05) is 30.4 Å². The standard InChI is InChI=1S/C17H21N3O/c1-21-16-7-3-2-6-14(16)12-18-15-8-9-17(19-13-15)20-10-4-5-11-20/h2-3,6-9,13,18H,4-5,10-12H2,1H3. The van der Waals surface area contributed by atoms with Crippen LogP contribution in [0.2, 0.25) is 0 Å². The first-order chi connectivity index (χ1) is 10.4. The molecule has 0 unspecified atom stereocenters. The average Bonchev–Trinajstić information content (AvgIpc) is 3.08. The molecule has 1 aromatic carbocycles. The number of anilines is 2. The molecule has 2 aromatic rings. The van der Waals surface area contributed by atoms with Crippen LogP contribution in [0.3, 0.4) is 0 Å². The van der Waals surface area contributed by atoms with Crippen molar-refractivity contribution in [2.45, 2.75) is 19.4 Å². The number of ether oxygens (including phenoxy) is 1. The van der Waals surface area contributed by atoms with Gasteiger partial charge in [0.1, 0.15) is 11.6 Å². The van der Waals surface area contributed by atoms with E-state index in [1.807, 2.05) is 24.4 Å². The van der Waals surface area contributed by atoms with E-state index in [4.69, 9.17) is 4.74 Å². The van der Waals surface area contributed by atoms with Gasteiger partial charge < -0.3 is 15.0 Å². The van der Waals surface area contributed by atoms with Gasteiger partial charge in [0.25, 0.3) is 0 Å². The first-order valence-corrected chi connectivity index (χ1v) is 7.43. The second-order valence-electron chi connectivity index (χ2n) is 5.26. The summed E-state index contributed by atoms with van der Waals surface area (Å²) in [7, 11) is 1.70. The molecule has 1 aromatic heterocycles. The van der Waals surface area contributed by atoms with E-state index in [1.54, 1.807) is 7.11 Å². The predicted octanol–water partition coefficient (Wildman–Crippen LogP) is 3.30. The lowest BCUT2D eigenvalue weighted by atomic mass is 10.2. The molecule has 1 aliphatic heterocycles. The Morgan fingerprint density at radius 3 is 2.67 bits per heavy atom. The molecular formula is C17H21N3O. The zero-order valence-electron chi connectivity index (χ0n) is 12.4. The summed E-state index contributed by atoms with van der Waals surface area (Å²) in [6.45, 7) is 2.98. The first kappa shape index (κ1) is 13.7. The summed E-state index contributed by atoms with van der Waals surface area (Å²) in [4.78, 5) is 6.89. The second kappa shape index (κ2) is 6.48. The Labute approximate surface area is 125 Å². The van der Waals surface area contributed by atoms with E-state index in [2.05, 4.69) is 33.4 Å². The monoisotopic (exact) mass is 283 g/mol. The van der Waals surface area contributed by atoms with Crippen LogP contribution in [0.25, 0.3) is 0 Å². The maximum Gasteiger partial charge on any atom is 0.128 e. The molecule has 21 heavy (non-hydrogen) atoms. The molecule has 0 spiro atoms. The van der Waals surface area contributed by atoms with Crippen LogP contribution in [0.4, 0.5) is 11.5 Å². The highest BCUT2D eigenvalue weighted by Gasteiger charge is 2.12. The summed E-state index contributed by atoms with van der Waals surface area (Å²) in [6.07, 6.45) is 4.45. The molecule has 2 heterocycles. The van der Waals surface area contributed by atoms with E-state index in [0.717, 1.165) is 42.5 Å². The molecule has 3 rings (SSSR count). The van der Waals surface area contributed by atoms with E-state index < -0.39 is 0 Å². The van der Waals surface area contributed by atoms with E-state index in [-0.39, 0.29) is 0 Å². The van der Waals surface area contributed by atoms with Gasteiger partial charge in [-0.15, -0.1) is 0 Å². The van der Waals surface area contributed by atoms with Crippen molar-refractivity contribution in [3.8, 4) is 5.75 Å². The van der Waals surface area contributed by atoms with Gasteiger partial charge in [-0.3, -0.25) is 0 Å². The van der Waals surface area contributed by atoms with Crippen LogP contribution in [0.5, 0.6) is 5.75 Å². The molecular weight excluding hydrogens is 262 g/mol. The smallest absolute Gasteiger partial charge is 0.128 e. The molecule has 0 atom stereocenters. The maximum absolute atomic E-state index is 5.36. The van der Waals surface area contributed by atoms with Crippen LogP contribution in [0.15, 0.2) is 42.6 Å². The van der Waals surface area contributed by atoms with E-state index in [1.165, 1.54) is 12.8 Å². The van der Waals surface area contributed by atoms with Gasteiger partial charge in [0.05, 0.1) is 19.0 Å². The number of aromatic nitrogens is 1. The van der Waals surface area contributed by atoms with Crippen LogP contribution in [-0.2, 0) is 6.54 Å². The number of hydrogen-bond acceptors (Lipinski definition) is 4. The molecule has 4 heteroatoms. The Kier molecular flexibility index (Phi) is 4.24. The highest BCUT2D eigenvalue weighted by atomic mass is 16.5. The summed E-state index contributed by atoms with van der Waals surface area (Å²) in [5, 5.41) is 3.39. The number of methoxy groups -OCH3 is 1. The molecule has 1 fully saturated rings. The lowest BCUT2D eigenvalue weighted by Gasteiger charge is -2.16. The number of hydrogen-bond donors (Lipinski definition) is 1. The summed E-state index contributed by atoms with van der Waals surface area (Å²) >= 11 is 0. The molecule has 4 nitrogen and oxygen atoms in total. The van der Waals surface area contributed by atoms with Crippen molar-refractivity contribution >= 4 is 11.5 Å². The topological polar surface area (TPSA) is 37.4 Å². The third kappa shape index (κ3) is 3.27. The van der Waals surface area contributed by atoms with Gasteiger partial charge in [0, 0.05) is 25.2 Å². The largest absolute Gasteiger partial charge is 0.496 e. The summed E-state index contributed by atoms with van der Waals surface area (Å²) in [5.74, 6) is 1.99.